The van der Waals surface area contributed by atoms with Crippen molar-refractivity contribution < 1.29 is 19.1 Å². The van der Waals surface area contributed by atoms with Gasteiger partial charge < -0.3 is 20.1 Å². The highest BCUT2D eigenvalue weighted by Gasteiger charge is 2.16. The van der Waals surface area contributed by atoms with Crippen molar-refractivity contribution in [3.63, 3.8) is 0 Å². The number of nitrogens with one attached hydrogen (secondary N) is 2. The number of amides is 2. The summed E-state index contributed by atoms with van der Waals surface area (Å²) in [6, 6.07) is 11.4. The standard InChI is InChI=1S/C25H29ClN4O6/c1-35-14-6-12-27-22(31)9-5-13-29-24(33)18-7-3-4-8-20(18)30(25(29)34)16-23(32)28-19-15-17(26)10-11-21(19)36-2/h3-4,7-8,10-11,15H,5-6,9,12-14,16H2,1-2H3,(H,27,31)(H,28,32). The molecule has 0 aliphatic rings. The molecule has 0 saturated carbocycles. The van der Waals surface area contributed by atoms with E-state index in [4.69, 9.17) is 21.1 Å². The summed E-state index contributed by atoms with van der Waals surface area (Å²) in [5.74, 6) is -0.256. The van der Waals surface area contributed by atoms with Crippen LogP contribution in [0.2, 0.25) is 5.02 Å². The fourth-order valence-electron chi connectivity index (χ4n) is 3.76. The van der Waals surface area contributed by atoms with Crippen molar-refractivity contribution in [2.75, 3.05) is 32.7 Å². The molecule has 2 amide bonds. The number of ether oxygens (including phenoxy) is 2. The molecule has 11 heteroatoms. The predicted molar refractivity (Wildman–Crippen MR) is 138 cm³/mol. The van der Waals surface area contributed by atoms with Crippen LogP contribution in [0.15, 0.2) is 52.1 Å². The molecule has 36 heavy (non-hydrogen) atoms. The normalized spacial score (nSPS) is 10.9. The van der Waals surface area contributed by atoms with Crippen LogP contribution in [0.4, 0.5) is 5.69 Å². The van der Waals surface area contributed by atoms with E-state index in [9.17, 15) is 19.2 Å². The zero-order valence-electron chi connectivity index (χ0n) is 20.2. The van der Waals surface area contributed by atoms with E-state index in [0.717, 1.165) is 4.57 Å². The van der Waals surface area contributed by atoms with Crippen LogP contribution in [-0.2, 0) is 27.4 Å². The molecular weight excluding hydrogens is 488 g/mol. The van der Waals surface area contributed by atoms with Crippen molar-refractivity contribution in [1.82, 2.24) is 14.5 Å². The lowest BCUT2D eigenvalue weighted by atomic mass is 10.2. The summed E-state index contributed by atoms with van der Waals surface area (Å²) in [6.07, 6.45) is 1.14. The third kappa shape index (κ3) is 6.73. The number of methoxy groups -OCH3 is 2. The average Bonchev–Trinajstić information content (AvgIpc) is 2.86. The summed E-state index contributed by atoms with van der Waals surface area (Å²) >= 11 is 6.04. The van der Waals surface area contributed by atoms with Crippen molar-refractivity contribution in [3.05, 3.63) is 68.3 Å². The molecule has 10 nitrogen and oxygen atoms in total. The van der Waals surface area contributed by atoms with Gasteiger partial charge in [-0.1, -0.05) is 23.7 Å². The molecule has 0 radical (unpaired) electrons. The van der Waals surface area contributed by atoms with Crippen LogP contribution >= 0.6 is 11.6 Å². The van der Waals surface area contributed by atoms with Crippen LogP contribution in [0.5, 0.6) is 5.75 Å². The summed E-state index contributed by atoms with van der Waals surface area (Å²) in [5.41, 5.74) is -0.401. The number of halogens is 1. The van der Waals surface area contributed by atoms with E-state index in [2.05, 4.69) is 10.6 Å². The second-order valence-electron chi connectivity index (χ2n) is 8.04. The predicted octanol–water partition coefficient (Wildman–Crippen LogP) is 2.40. The molecule has 3 aromatic rings. The number of carbonyl (C=O) groups is 2. The molecule has 2 N–H and O–H groups in total. The maximum atomic E-state index is 13.3. The van der Waals surface area contributed by atoms with Gasteiger partial charge in [0.15, 0.2) is 0 Å². The Morgan fingerprint density at radius 3 is 2.53 bits per heavy atom. The number of nitrogens with zero attached hydrogens (tertiary/aromatic N) is 2. The summed E-state index contributed by atoms with van der Waals surface area (Å²) in [6.45, 7) is 0.735. The highest BCUT2D eigenvalue weighted by atomic mass is 35.5. The molecule has 0 bridgehead atoms. The van der Waals surface area contributed by atoms with E-state index in [1.54, 1.807) is 49.6 Å². The Morgan fingerprint density at radius 2 is 1.78 bits per heavy atom. The van der Waals surface area contributed by atoms with E-state index in [-0.39, 0.29) is 31.8 Å². The molecule has 0 atom stereocenters. The first kappa shape index (κ1) is 27.0. The number of anilines is 1. The monoisotopic (exact) mass is 516 g/mol. The number of rotatable bonds is 12. The van der Waals surface area contributed by atoms with Gasteiger partial charge in [-0.25, -0.2) is 4.79 Å². The number of fused-ring (bicyclic) bond motifs is 1. The minimum atomic E-state index is -0.632. The van der Waals surface area contributed by atoms with Gasteiger partial charge >= 0.3 is 5.69 Å². The van der Waals surface area contributed by atoms with Crippen LogP contribution in [0.1, 0.15) is 19.3 Å². The Balaban J connectivity index is 1.81. The molecular formula is C25H29ClN4O6. The summed E-state index contributed by atoms with van der Waals surface area (Å²) in [5, 5.41) is 6.19. The first-order valence-electron chi connectivity index (χ1n) is 11.5. The van der Waals surface area contributed by atoms with Gasteiger partial charge in [-0.15, -0.1) is 0 Å². The molecule has 0 saturated heterocycles. The first-order chi connectivity index (χ1) is 17.3. The average molecular weight is 517 g/mol. The van der Waals surface area contributed by atoms with Crippen LogP contribution in [-0.4, -0.2) is 48.3 Å². The fourth-order valence-corrected chi connectivity index (χ4v) is 3.93. The highest BCUT2D eigenvalue weighted by molar-refractivity contribution is 6.31. The number of hydrogen-bond acceptors (Lipinski definition) is 6. The summed E-state index contributed by atoms with van der Waals surface area (Å²) in [4.78, 5) is 51.2. The van der Waals surface area contributed by atoms with Crippen molar-refractivity contribution in [2.45, 2.75) is 32.4 Å². The molecule has 0 spiro atoms. The molecule has 2 aromatic carbocycles. The van der Waals surface area contributed by atoms with Crippen molar-refractivity contribution in [3.8, 4) is 5.75 Å². The molecule has 3 rings (SSSR count). The second-order valence-corrected chi connectivity index (χ2v) is 8.47. The van der Waals surface area contributed by atoms with Gasteiger partial charge in [-0.05, 0) is 43.2 Å². The number of carbonyl (C=O) groups excluding carboxylic acids is 2. The third-order valence-corrected chi connectivity index (χ3v) is 5.74. The van der Waals surface area contributed by atoms with Crippen molar-refractivity contribution in [1.29, 1.82) is 0 Å². The Morgan fingerprint density at radius 1 is 1.00 bits per heavy atom. The fraction of sp³-hybridized carbons (Fsp3) is 0.360. The number of aromatic nitrogens is 2. The van der Waals surface area contributed by atoms with Crippen molar-refractivity contribution >= 4 is 40.0 Å². The van der Waals surface area contributed by atoms with Crippen LogP contribution in [0.25, 0.3) is 10.9 Å². The van der Waals surface area contributed by atoms with E-state index in [1.807, 2.05) is 0 Å². The van der Waals surface area contributed by atoms with Gasteiger partial charge in [0.25, 0.3) is 5.56 Å². The Hall–Kier alpha value is -3.63. The van der Waals surface area contributed by atoms with Gasteiger partial charge in [0, 0.05) is 38.2 Å². The lowest BCUT2D eigenvalue weighted by Gasteiger charge is -2.15. The number of benzene rings is 2. The number of hydrogen-bond donors (Lipinski definition) is 2. The van der Waals surface area contributed by atoms with E-state index in [1.165, 1.54) is 11.7 Å². The summed E-state index contributed by atoms with van der Waals surface area (Å²) < 4.78 is 12.5. The van der Waals surface area contributed by atoms with E-state index < -0.39 is 17.2 Å². The smallest absolute Gasteiger partial charge is 0.331 e. The molecule has 0 aliphatic carbocycles. The Bertz CT molecular complexity index is 1350. The minimum Gasteiger partial charge on any atom is -0.495 e. The van der Waals surface area contributed by atoms with Crippen LogP contribution < -0.4 is 26.6 Å². The van der Waals surface area contributed by atoms with Gasteiger partial charge in [0.2, 0.25) is 11.8 Å². The summed E-state index contributed by atoms with van der Waals surface area (Å²) in [7, 11) is 3.06. The largest absolute Gasteiger partial charge is 0.495 e. The van der Waals surface area contributed by atoms with E-state index >= 15 is 0 Å². The van der Waals surface area contributed by atoms with Gasteiger partial charge in [-0.3, -0.25) is 23.5 Å². The van der Waals surface area contributed by atoms with Crippen molar-refractivity contribution in [2.24, 2.45) is 0 Å². The third-order valence-electron chi connectivity index (χ3n) is 5.50. The molecule has 0 fully saturated rings. The lowest BCUT2D eigenvalue weighted by molar-refractivity contribution is -0.121. The van der Waals surface area contributed by atoms with Gasteiger partial charge in [0.1, 0.15) is 12.3 Å². The highest BCUT2D eigenvalue weighted by Crippen LogP contribution is 2.27. The second kappa shape index (κ2) is 12.9. The van der Waals surface area contributed by atoms with E-state index in [0.29, 0.717) is 46.9 Å². The SMILES string of the molecule is COCCCNC(=O)CCCn1c(=O)c2ccccc2n(CC(=O)Nc2cc(Cl)ccc2OC)c1=O. The van der Waals surface area contributed by atoms with Crippen LogP contribution in [0.3, 0.4) is 0 Å². The first-order valence-corrected chi connectivity index (χ1v) is 11.8. The lowest BCUT2D eigenvalue weighted by Crippen LogP contribution is -2.42. The molecule has 0 aliphatic heterocycles. The van der Waals surface area contributed by atoms with Gasteiger partial charge in [0.05, 0.1) is 23.7 Å². The molecule has 1 heterocycles. The molecule has 1 aromatic heterocycles. The number of para-hydroxylation sites is 1. The quantitative estimate of drug-likeness (QED) is 0.357. The molecule has 0 unspecified atom stereocenters. The Kier molecular flexibility index (Phi) is 9.66. The maximum absolute atomic E-state index is 13.3. The maximum Gasteiger partial charge on any atom is 0.331 e. The van der Waals surface area contributed by atoms with Gasteiger partial charge in [-0.2, -0.15) is 0 Å². The zero-order valence-corrected chi connectivity index (χ0v) is 21.0. The Labute approximate surface area is 212 Å². The van der Waals surface area contributed by atoms with Crippen LogP contribution in [0, 0.1) is 0 Å². The molecule has 192 valence electrons. The topological polar surface area (TPSA) is 121 Å². The minimum absolute atomic E-state index is 0.0394. The zero-order chi connectivity index (χ0) is 26.1.